The van der Waals surface area contributed by atoms with Crippen LogP contribution in [0.3, 0.4) is 0 Å². The molecular weight excluding hydrogens is 336 g/mol. The molecular formula is C17H22N6O3. The first-order valence-electron chi connectivity index (χ1n) is 8.93. The Balaban J connectivity index is 1.34. The Morgan fingerprint density at radius 3 is 2.46 bits per heavy atom. The van der Waals surface area contributed by atoms with Gasteiger partial charge in [0, 0.05) is 38.6 Å². The molecule has 0 bridgehead atoms. The summed E-state index contributed by atoms with van der Waals surface area (Å²) in [7, 11) is 0. The van der Waals surface area contributed by atoms with Crippen molar-refractivity contribution in [3.8, 4) is 0 Å². The minimum atomic E-state index is -0.847. The lowest BCUT2D eigenvalue weighted by Crippen LogP contribution is -2.52. The fourth-order valence-corrected chi connectivity index (χ4v) is 3.64. The van der Waals surface area contributed by atoms with E-state index in [9.17, 15) is 14.4 Å². The van der Waals surface area contributed by atoms with Gasteiger partial charge in [0.2, 0.25) is 11.9 Å². The number of carbonyl (C=O) groups excluding carboxylic acids is 3. The first-order chi connectivity index (χ1) is 12.5. The van der Waals surface area contributed by atoms with Crippen LogP contribution in [0.5, 0.6) is 0 Å². The highest BCUT2D eigenvalue weighted by atomic mass is 16.2. The van der Waals surface area contributed by atoms with Crippen molar-refractivity contribution in [2.45, 2.75) is 25.3 Å². The first-order valence-corrected chi connectivity index (χ1v) is 8.93. The summed E-state index contributed by atoms with van der Waals surface area (Å²) in [6.45, 7) is 3.83. The molecule has 1 aliphatic carbocycles. The number of carbonyl (C=O) groups is 3. The minimum absolute atomic E-state index is 0.188. The average Bonchev–Trinajstić information content (AvgIpc) is 3.49. The number of rotatable bonds is 4. The number of imide groups is 1. The molecule has 2 aliphatic heterocycles. The molecule has 138 valence electrons. The van der Waals surface area contributed by atoms with Crippen LogP contribution < -0.4 is 10.2 Å². The Bertz CT molecular complexity index is 729. The Hall–Kier alpha value is -2.71. The van der Waals surface area contributed by atoms with Crippen molar-refractivity contribution < 1.29 is 14.4 Å². The number of urea groups is 1. The van der Waals surface area contributed by atoms with Gasteiger partial charge in [0.1, 0.15) is 12.1 Å². The third-order valence-corrected chi connectivity index (χ3v) is 5.46. The van der Waals surface area contributed by atoms with Gasteiger partial charge in [0.05, 0.1) is 0 Å². The number of nitrogens with one attached hydrogen (secondary N) is 1. The lowest BCUT2D eigenvalue weighted by molar-refractivity contribution is -0.139. The fourth-order valence-electron chi connectivity index (χ4n) is 3.64. The van der Waals surface area contributed by atoms with Gasteiger partial charge in [0.25, 0.3) is 5.91 Å². The van der Waals surface area contributed by atoms with Crippen molar-refractivity contribution in [3.05, 3.63) is 18.5 Å². The van der Waals surface area contributed by atoms with Gasteiger partial charge < -0.3 is 15.1 Å². The molecule has 1 saturated carbocycles. The Labute approximate surface area is 151 Å². The van der Waals surface area contributed by atoms with Crippen LogP contribution in [0, 0.1) is 5.92 Å². The normalized spacial score (nSPS) is 26.3. The maximum atomic E-state index is 12.6. The molecule has 0 spiro atoms. The van der Waals surface area contributed by atoms with Gasteiger partial charge in [-0.3, -0.25) is 14.5 Å². The largest absolute Gasteiger partial charge is 0.338 e. The smallest absolute Gasteiger partial charge is 0.325 e. The SMILES string of the molecule is C[C@]1(C2CC2)NC(=O)N(CC(=O)N2CCN(c3ncccn3)CC2)C1=O. The van der Waals surface area contributed by atoms with Crippen molar-refractivity contribution >= 4 is 23.8 Å². The van der Waals surface area contributed by atoms with E-state index < -0.39 is 11.6 Å². The topological polar surface area (TPSA) is 98.7 Å². The predicted octanol–water partition coefficient (Wildman–Crippen LogP) is -0.154. The number of aromatic nitrogens is 2. The lowest BCUT2D eigenvalue weighted by Gasteiger charge is -2.35. The summed E-state index contributed by atoms with van der Waals surface area (Å²) in [5.74, 6) is 0.346. The van der Waals surface area contributed by atoms with Crippen LogP contribution in [-0.2, 0) is 9.59 Å². The molecule has 4 amide bonds. The Morgan fingerprint density at radius 1 is 1.19 bits per heavy atom. The minimum Gasteiger partial charge on any atom is -0.338 e. The molecule has 4 rings (SSSR count). The van der Waals surface area contributed by atoms with E-state index >= 15 is 0 Å². The zero-order chi connectivity index (χ0) is 18.3. The molecule has 1 atom stereocenters. The van der Waals surface area contributed by atoms with Crippen molar-refractivity contribution in [2.24, 2.45) is 5.92 Å². The molecule has 1 aromatic rings. The molecule has 0 aromatic carbocycles. The zero-order valence-electron chi connectivity index (χ0n) is 14.7. The maximum Gasteiger partial charge on any atom is 0.325 e. The third-order valence-electron chi connectivity index (χ3n) is 5.46. The summed E-state index contributed by atoms with van der Waals surface area (Å²) in [6.07, 6.45) is 5.25. The number of amides is 4. The van der Waals surface area contributed by atoms with Crippen LogP contribution in [0.1, 0.15) is 19.8 Å². The van der Waals surface area contributed by atoms with Gasteiger partial charge in [-0.15, -0.1) is 0 Å². The molecule has 3 fully saturated rings. The summed E-state index contributed by atoms with van der Waals surface area (Å²) < 4.78 is 0. The standard InChI is InChI=1S/C17H22N6O3/c1-17(12-3-4-12)14(25)23(16(26)20-17)11-13(24)21-7-9-22(10-8-21)15-18-5-2-6-19-15/h2,5-6,12H,3-4,7-11H2,1H3,(H,20,26)/t17-/m1/s1. The van der Waals surface area contributed by atoms with Crippen molar-refractivity contribution in [2.75, 3.05) is 37.6 Å². The molecule has 2 saturated heterocycles. The fraction of sp³-hybridized carbons (Fsp3) is 0.588. The van der Waals surface area contributed by atoms with Crippen molar-refractivity contribution in [1.82, 2.24) is 25.1 Å². The van der Waals surface area contributed by atoms with E-state index in [1.54, 1.807) is 30.3 Å². The number of piperazine rings is 1. The van der Waals surface area contributed by atoms with Crippen molar-refractivity contribution in [3.63, 3.8) is 0 Å². The van der Waals surface area contributed by atoms with Gasteiger partial charge in [-0.05, 0) is 31.7 Å². The molecule has 0 unspecified atom stereocenters. The second kappa shape index (κ2) is 6.22. The lowest BCUT2D eigenvalue weighted by atomic mass is 9.96. The van der Waals surface area contributed by atoms with E-state index in [1.165, 1.54) is 0 Å². The molecule has 0 radical (unpaired) electrons. The quantitative estimate of drug-likeness (QED) is 0.752. The van der Waals surface area contributed by atoms with E-state index in [2.05, 4.69) is 15.3 Å². The van der Waals surface area contributed by atoms with Gasteiger partial charge >= 0.3 is 6.03 Å². The van der Waals surface area contributed by atoms with E-state index in [0.29, 0.717) is 32.1 Å². The molecule has 1 N–H and O–H groups in total. The number of nitrogens with zero attached hydrogens (tertiary/aromatic N) is 5. The van der Waals surface area contributed by atoms with Crippen molar-refractivity contribution in [1.29, 1.82) is 0 Å². The summed E-state index contributed by atoms with van der Waals surface area (Å²) in [5, 5.41) is 2.77. The number of hydrogen-bond donors (Lipinski definition) is 1. The van der Waals surface area contributed by atoms with Crippen LogP contribution in [-0.4, -0.2) is 75.9 Å². The first kappa shape index (κ1) is 16.7. The van der Waals surface area contributed by atoms with E-state index in [4.69, 9.17) is 0 Å². The Kier molecular flexibility index (Phi) is 4.01. The van der Waals surface area contributed by atoms with Gasteiger partial charge in [0.15, 0.2) is 0 Å². The second-order valence-electron chi connectivity index (χ2n) is 7.21. The van der Waals surface area contributed by atoms with Crippen LogP contribution in [0.15, 0.2) is 18.5 Å². The van der Waals surface area contributed by atoms with Gasteiger partial charge in [-0.1, -0.05) is 0 Å². The highest BCUT2D eigenvalue weighted by Gasteiger charge is 2.56. The van der Waals surface area contributed by atoms with E-state index in [0.717, 1.165) is 17.7 Å². The highest BCUT2D eigenvalue weighted by molar-refractivity contribution is 6.09. The highest BCUT2D eigenvalue weighted by Crippen LogP contribution is 2.42. The maximum absolute atomic E-state index is 12.6. The van der Waals surface area contributed by atoms with E-state index in [-0.39, 0.29) is 24.3 Å². The zero-order valence-corrected chi connectivity index (χ0v) is 14.7. The molecule has 26 heavy (non-hydrogen) atoms. The molecule has 3 aliphatic rings. The van der Waals surface area contributed by atoms with Gasteiger partial charge in [-0.2, -0.15) is 0 Å². The Morgan fingerprint density at radius 2 is 1.85 bits per heavy atom. The van der Waals surface area contributed by atoms with Crippen LogP contribution in [0.25, 0.3) is 0 Å². The molecule has 1 aromatic heterocycles. The van der Waals surface area contributed by atoms with Crippen LogP contribution >= 0.6 is 0 Å². The summed E-state index contributed by atoms with van der Waals surface area (Å²) in [4.78, 5) is 50.6. The summed E-state index contributed by atoms with van der Waals surface area (Å²) in [6, 6.07) is 1.30. The third kappa shape index (κ3) is 2.87. The molecule has 9 nitrogen and oxygen atoms in total. The summed E-state index contributed by atoms with van der Waals surface area (Å²) in [5.41, 5.74) is -0.847. The average molecular weight is 358 g/mol. The monoisotopic (exact) mass is 358 g/mol. The molecule has 3 heterocycles. The van der Waals surface area contributed by atoms with E-state index in [1.807, 2.05) is 4.90 Å². The summed E-state index contributed by atoms with van der Waals surface area (Å²) >= 11 is 0. The second-order valence-corrected chi connectivity index (χ2v) is 7.21. The van der Waals surface area contributed by atoms with Crippen LogP contribution in [0.4, 0.5) is 10.7 Å². The number of hydrogen-bond acceptors (Lipinski definition) is 6. The van der Waals surface area contributed by atoms with Crippen LogP contribution in [0.2, 0.25) is 0 Å². The van der Waals surface area contributed by atoms with Gasteiger partial charge in [-0.25, -0.2) is 14.8 Å². The number of anilines is 1. The molecule has 9 heteroatoms. The predicted molar refractivity (Wildman–Crippen MR) is 92.2 cm³/mol.